The van der Waals surface area contributed by atoms with Crippen LogP contribution in [0.5, 0.6) is 5.75 Å². The summed E-state index contributed by atoms with van der Waals surface area (Å²) in [6, 6.07) is 21.1. The van der Waals surface area contributed by atoms with Crippen LogP contribution in [-0.4, -0.2) is 57.5 Å². The first kappa shape index (κ1) is 26.8. The number of piperazine rings is 1. The molecule has 9 heteroatoms. The Morgan fingerprint density at radius 1 is 1.03 bits per heavy atom. The summed E-state index contributed by atoms with van der Waals surface area (Å²) in [5.41, 5.74) is 2.91. The smallest absolute Gasteiger partial charge is 0.243 e. The van der Waals surface area contributed by atoms with E-state index in [1.807, 2.05) is 36.4 Å². The van der Waals surface area contributed by atoms with E-state index >= 15 is 0 Å². The van der Waals surface area contributed by atoms with Crippen molar-refractivity contribution in [2.75, 3.05) is 39.8 Å². The number of methoxy groups -OCH3 is 1. The molecule has 1 heterocycles. The second-order valence-electron chi connectivity index (χ2n) is 9.00. The predicted molar refractivity (Wildman–Crippen MR) is 138 cm³/mol. The van der Waals surface area contributed by atoms with Crippen LogP contribution in [0.4, 0.5) is 4.39 Å². The molecule has 0 spiro atoms. The molecule has 3 aromatic carbocycles. The quantitative estimate of drug-likeness (QED) is 0.416. The molecule has 7 nitrogen and oxygen atoms in total. The maximum absolute atomic E-state index is 14.0. The molecule has 0 N–H and O–H groups in total. The van der Waals surface area contributed by atoms with E-state index < -0.39 is 15.8 Å². The van der Waals surface area contributed by atoms with Gasteiger partial charge in [0, 0.05) is 32.7 Å². The Hall–Kier alpha value is -3.29. The molecule has 4 rings (SSSR count). The molecule has 0 saturated carbocycles. The number of sulfonamides is 1. The zero-order valence-electron chi connectivity index (χ0n) is 20.9. The van der Waals surface area contributed by atoms with Crippen LogP contribution in [-0.2, 0) is 21.4 Å². The summed E-state index contributed by atoms with van der Waals surface area (Å²) in [6.45, 7) is 4.18. The number of hydrogen-bond donors (Lipinski definition) is 0. The van der Waals surface area contributed by atoms with Gasteiger partial charge in [0.15, 0.2) is 0 Å². The van der Waals surface area contributed by atoms with E-state index in [9.17, 15) is 12.8 Å². The first-order valence-electron chi connectivity index (χ1n) is 12.0. The number of ether oxygens (including phenoxy) is 2. The van der Waals surface area contributed by atoms with Crippen molar-refractivity contribution < 1.29 is 22.3 Å². The Morgan fingerprint density at radius 3 is 2.41 bits per heavy atom. The van der Waals surface area contributed by atoms with Crippen molar-refractivity contribution in [3.8, 4) is 11.8 Å². The van der Waals surface area contributed by atoms with Crippen LogP contribution in [0.3, 0.4) is 0 Å². The highest BCUT2D eigenvalue weighted by Gasteiger charge is 2.30. The third kappa shape index (κ3) is 6.53. The van der Waals surface area contributed by atoms with E-state index in [-0.39, 0.29) is 11.0 Å². The average molecular weight is 524 g/mol. The van der Waals surface area contributed by atoms with Gasteiger partial charge in [-0.05, 0) is 60.0 Å². The molecule has 1 aliphatic heterocycles. The van der Waals surface area contributed by atoms with Crippen LogP contribution in [0.15, 0.2) is 71.6 Å². The van der Waals surface area contributed by atoms with E-state index in [1.54, 1.807) is 26.2 Å². The number of aryl methyl sites for hydroxylation is 1. The number of nitriles is 1. The first-order chi connectivity index (χ1) is 17.8. The highest BCUT2D eigenvalue weighted by molar-refractivity contribution is 7.89. The van der Waals surface area contributed by atoms with Crippen LogP contribution in [0.1, 0.15) is 28.4 Å². The van der Waals surface area contributed by atoms with Crippen molar-refractivity contribution in [1.82, 2.24) is 9.21 Å². The van der Waals surface area contributed by atoms with Gasteiger partial charge in [-0.3, -0.25) is 4.90 Å². The molecule has 0 amide bonds. The second-order valence-corrected chi connectivity index (χ2v) is 10.9. The van der Waals surface area contributed by atoms with Crippen molar-refractivity contribution in [2.45, 2.75) is 24.5 Å². The Bertz CT molecular complexity index is 1360. The van der Waals surface area contributed by atoms with Crippen LogP contribution in [0.25, 0.3) is 0 Å². The minimum Gasteiger partial charge on any atom is -0.497 e. The van der Waals surface area contributed by atoms with Gasteiger partial charge in [-0.25, -0.2) is 12.8 Å². The Labute approximate surface area is 217 Å². The maximum atomic E-state index is 14.0. The van der Waals surface area contributed by atoms with Gasteiger partial charge in [-0.1, -0.05) is 30.3 Å². The molecule has 1 aliphatic rings. The summed E-state index contributed by atoms with van der Waals surface area (Å²) in [4.78, 5) is 2.15. The van der Waals surface area contributed by atoms with E-state index in [1.165, 1.54) is 16.4 Å². The molecular formula is C28H30FN3O4S. The zero-order valence-corrected chi connectivity index (χ0v) is 21.7. The summed E-state index contributed by atoms with van der Waals surface area (Å²) in [6.07, 6.45) is -0.278. The molecule has 1 atom stereocenters. The normalized spacial score (nSPS) is 15.7. The Morgan fingerprint density at radius 2 is 1.76 bits per heavy atom. The predicted octanol–water partition coefficient (Wildman–Crippen LogP) is 4.28. The Kier molecular flexibility index (Phi) is 8.56. The van der Waals surface area contributed by atoms with Crippen LogP contribution in [0, 0.1) is 24.1 Å². The van der Waals surface area contributed by atoms with Crippen molar-refractivity contribution in [1.29, 1.82) is 5.26 Å². The second kappa shape index (κ2) is 11.8. The topological polar surface area (TPSA) is 82.9 Å². The molecule has 194 valence electrons. The molecule has 0 aliphatic carbocycles. The highest BCUT2D eigenvalue weighted by Crippen LogP contribution is 2.26. The number of hydrogen-bond acceptors (Lipinski definition) is 6. The molecule has 0 bridgehead atoms. The van der Waals surface area contributed by atoms with Gasteiger partial charge in [0.1, 0.15) is 11.6 Å². The summed E-state index contributed by atoms with van der Waals surface area (Å²) in [5, 5.41) is 9.03. The first-order valence-corrected chi connectivity index (χ1v) is 13.5. The van der Waals surface area contributed by atoms with Crippen molar-refractivity contribution in [3.05, 3.63) is 94.8 Å². The fraction of sp³-hybridized carbons (Fsp3) is 0.321. The standard InChI is InChI=1S/C28H30FN3O4S/c1-21-6-11-26(17-27(21)29)37(33,34)32-14-12-31(13-15-32)19-28(24-4-3-5-25(16-24)35-2)36-20-23-9-7-22(18-30)8-10-23/h3-11,16-17,28H,12-15,19-20H2,1-2H3/t28-/m0/s1. The van der Waals surface area contributed by atoms with E-state index in [0.717, 1.165) is 22.9 Å². The summed E-state index contributed by atoms with van der Waals surface area (Å²) in [5.74, 6) is 0.200. The van der Waals surface area contributed by atoms with Crippen LogP contribution < -0.4 is 4.74 Å². The fourth-order valence-corrected chi connectivity index (χ4v) is 5.67. The minimum atomic E-state index is -3.77. The monoisotopic (exact) mass is 523 g/mol. The molecule has 0 unspecified atom stereocenters. The summed E-state index contributed by atoms with van der Waals surface area (Å²) >= 11 is 0. The van der Waals surface area contributed by atoms with Gasteiger partial charge in [0.05, 0.1) is 36.3 Å². The number of benzene rings is 3. The van der Waals surface area contributed by atoms with E-state index in [4.69, 9.17) is 14.7 Å². The van der Waals surface area contributed by atoms with Gasteiger partial charge in [0.25, 0.3) is 0 Å². The summed E-state index contributed by atoms with van der Waals surface area (Å²) in [7, 11) is -2.15. The SMILES string of the molecule is COc1cccc([C@H](CN2CCN(S(=O)(=O)c3ccc(C)c(F)c3)CC2)OCc2ccc(C#N)cc2)c1. The van der Waals surface area contributed by atoms with Gasteiger partial charge in [-0.15, -0.1) is 0 Å². The lowest BCUT2D eigenvalue weighted by molar-refractivity contribution is 0.00763. The van der Waals surface area contributed by atoms with Gasteiger partial charge < -0.3 is 9.47 Å². The Balaban J connectivity index is 1.44. The average Bonchev–Trinajstić information content (AvgIpc) is 2.93. The third-order valence-electron chi connectivity index (χ3n) is 6.54. The van der Waals surface area contributed by atoms with E-state index in [2.05, 4.69) is 11.0 Å². The zero-order chi connectivity index (χ0) is 26.4. The lowest BCUT2D eigenvalue weighted by atomic mass is 10.1. The molecule has 0 radical (unpaired) electrons. The maximum Gasteiger partial charge on any atom is 0.243 e. The molecule has 37 heavy (non-hydrogen) atoms. The van der Waals surface area contributed by atoms with Crippen LogP contribution >= 0.6 is 0 Å². The molecule has 1 saturated heterocycles. The number of rotatable bonds is 9. The largest absolute Gasteiger partial charge is 0.497 e. The minimum absolute atomic E-state index is 0.0240. The van der Waals surface area contributed by atoms with Crippen molar-refractivity contribution in [2.24, 2.45) is 0 Å². The van der Waals surface area contributed by atoms with Gasteiger partial charge >= 0.3 is 0 Å². The van der Waals surface area contributed by atoms with Crippen molar-refractivity contribution in [3.63, 3.8) is 0 Å². The lowest BCUT2D eigenvalue weighted by Crippen LogP contribution is -2.49. The third-order valence-corrected chi connectivity index (χ3v) is 8.43. The van der Waals surface area contributed by atoms with Crippen molar-refractivity contribution >= 4 is 10.0 Å². The number of halogens is 1. The van der Waals surface area contributed by atoms with Gasteiger partial charge in [-0.2, -0.15) is 9.57 Å². The van der Waals surface area contributed by atoms with Crippen LogP contribution in [0.2, 0.25) is 0 Å². The molecule has 1 fully saturated rings. The molecular weight excluding hydrogens is 493 g/mol. The summed E-state index contributed by atoms with van der Waals surface area (Å²) < 4.78 is 53.2. The fourth-order valence-electron chi connectivity index (χ4n) is 4.24. The van der Waals surface area contributed by atoms with E-state index in [0.29, 0.717) is 50.5 Å². The molecule has 0 aromatic heterocycles. The molecule has 3 aromatic rings. The lowest BCUT2D eigenvalue weighted by Gasteiger charge is -2.36. The highest BCUT2D eigenvalue weighted by atomic mass is 32.2. The van der Waals surface area contributed by atoms with Gasteiger partial charge in [0.2, 0.25) is 10.0 Å². The number of nitrogens with zero attached hydrogens (tertiary/aromatic N) is 3.